The number of halogens is 1. The summed E-state index contributed by atoms with van der Waals surface area (Å²) in [7, 11) is 2.71. The van der Waals surface area contributed by atoms with Gasteiger partial charge in [0.15, 0.2) is 5.78 Å². The number of ketones is 1. The molecule has 0 bridgehead atoms. The molecule has 0 aliphatic carbocycles. The molecule has 1 atom stereocenters. The first-order chi connectivity index (χ1) is 16.2. The summed E-state index contributed by atoms with van der Waals surface area (Å²) in [5.41, 5.74) is 1.57. The number of ether oxygens (including phenoxy) is 2. The Kier molecular flexibility index (Phi) is 7.53. The van der Waals surface area contributed by atoms with Gasteiger partial charge in [-0.25, -0.2) is 4.79 Å². The number of pyridine rings is 1. The van der Waals surface area contributed by atoms with E-state index in [2.05, 4.69) is 10.1 Å². The van der Waals surface area contributed by atoms with E-state index in [1.165, 1.54) is 50.1 Å². The van der Waals surface area contributed by atoms with Crippen LogP contribution in [0.5, 0.6) is 5.75 Å². The van der Waals surface area contributed by atoms with Crippen molar-refractivity contribution in [1.82, 2.24) is 4.57 Å². The van der Waals surface area contributed by atoms with Gasteiger partial charge in [-0.3, -0.25) is 19.0 Å². The number of amides is 1. The van der Waals surface area contributed by atoms with Gasteiger partial charge in [0.25, 0.3) is 5.56 Å². The molecule has 0 radical (unpaired) electrons. The predicted molar refractivity (Wildman–Crippen MR) is 129 cm³/mol. The number of hydrogen-bond acceptors (Lipinski definition) is 6. The quantitative estimate of drug-likeness (QED) is 0.396. The molecule has 1 aromatic heterocycles. The largest absolute Gasteiger partial charge is 0.495 e. The lowest BCUT2D eigenvalue weighted by atomic mass is 9.97. The summed E-state index contributed by atoms with van der Waals surface area (Å²) in [4.78, 5) is 49.4. The molecule has 1 heterocycles. The fourth-order valence-electron chi connectivity index (χ4n) is 3.43. The number of Topliss-reactive ketones (excluding diaryl/α,β-unsaturated/α-hetero) is 1. The average Bonchev–Trinajstić information content (AvgIpc) is 2.83. The number of carbonyl (C=O) groups is 3. The van der Waals surface area contributed by atoms with Crippen LogP contribution in [0.15, 0.2) is 59.5 Å². The number of methoxy groups -OCH3 is 2. The standard InChI is InChI=1S/C25H23ClN2O6/c1-14(24(31)27-18-8-5-16(6-9-18)25(32)34-4)28-13-22(33-3)21(12-23(28)30)20-11-17(26)7-10-19(20)15(2)29/h5-14H,1-4H3,(H,27,31). The molecule has 0 aliphatic rings. The number of hydrogen-bond donors (Lipinski definition) is 1. The number of benzene rings is 2. The predicted octanol–water partition coefficient (Wildman–Crippen LogP) is 4.37. The number of aromatic nitrogens is 1. The molecule has 0 saturated heterocycles. The van der Waals surface area contributed by atoms with Crippen LogP contribution < -0.4 is 15.6 Å². The highest BCUT2D eigenvalue weighted by Crippen LogP contribution is 2.33. The lowest BCUT2D eigenvalue weighted by molar-refractivity contribution is -0.118. The van der Waals surface area contributed by atoms with Crippen molar-refractivity contribution in [1.29, 1.82) is 0 Å². The first-order valence-electron chi connectivity index (χ1n) is 10.3. The second kappa shape index (κ2) is 10.4. The molecule has 1 N–H and O–H groups in total. The average molecular weight is 483 g/mol. The van der Waals surface area contributed by atoms with Gasteiger partial charge in [0, 0.05) is 27.9 Å². The van der Waals surface area contributed by atoms with Crippen molar-refractivity contribution in [2.45, 2.75) is 19.9 Å². The van der Waals surface area contributed by atoms with Crippen LogP contribution in [0.4, 0.5) is 5.69 Å². The van der Waals surface area contributed by atoms with Crippen molar-refractivity contribution in [3.8, 4) is 16.9 Å². The van der Waals surface area contributed by atoms with Crippen LogP contribution >= 0.6 is 11.6 Å². The molecule has 0 aliphatic heterocycles. The van der Waals surface area contributed by atoms with Gasteiger partial charge in [0.1, 0.15) is 11.8 Å². The Balaban J connectivity index is 1.93. The zero-order valence-corrected chi connectivity index (χ0v) is 19.8. The third-order valence-electron chi connectivity index (χ3n) is 5.29. The summed E-state index contributed by atoms with van der Waals surface area (Å²) in [5, 5.41) is 3.11. The Bertz CT molecular complexity index is 1310. The van der Waals surface area contributed by atoms with E-state index in [9.17, 15) is 19.2 Å². The molecule has 0 spiro atoms. The second-order valence-electron chi connectivity index (χ2n) is 7.48. The van der Waals surface area contributed by atoms with Crippen LogP contribution in [0.1, 0.15) is 40.6 Å². The van der Waals surface area contributed by atoms with Crippen molar-refractivity contribution in [3.63, 3.8) is 0 Å². The van der Waals surface area contributed by atoms with Gasteiger partial charge in [-0.1, -0.05) is 11.6 Å². The zero-order valence-electron chi connectivity index (χ0n) is 19.0. The van der Waals surface area contributed by atoms with E-state index in [0.717, 1.165) is 0 Å². The Morgan fingerprint density at radius 2 is 1.68 bits per heavy atom. The van der Waals surface area contributed by atoms with Crippen molar-refractivity contribution >= 4 is 34.9 Å². The van der Waals surface area contributed by atoms with Gasteiger partial charge >= 0.3 is 5.97 Å². The highest BCUT2D eigenvalue weighted by Gasteiger charge is 2.21. The van der Waals surface area contributed by atoms with Gasteiger partial charge in [-0.05, 0) is 61.9 Å². The molecule has 0 saturated carbocycles. The Labute approximate surface area is 201 Å². The van der Waals surface area contributed by atoms with E-state index in [1.807, 2.05) is 0 Å². The molecule has 176 valence electrons. The van der Waals surface area contributed by atoms with E-state index >= 15 is 0 Å². The topological polar surface area (TPSA) is 104 Å². The maximum atomic E-state index is 13.0. The number of nitrogens with one attached hydrogen (secondary N) is 1. The Morgan fingerprint density at radius 1 is 1.00 bits per heavy atom. The summed E-state index contributed by atoms with van der Waals surface area (Å²) >= 11 is 6.13. The maximum absolute atomic E-state index is 13.0. The first-order valence-corrected chi connectivity index (χ1v) is 10.6. The van der Waals surface area contributed by atoms with Gasteiger partial charge in [0.2, 0.25) is 5.91 Å². The van der Waals surface area contributed by atoms with E-state index in [1.54, 1.807) is 37.3 Å². The number of anilines is 1. The number of nitrogens with zero attached hydrogens (tertiary/aromatic N) is 1. The van der Waals surface area contributed by atoms with Gasteiger partial charge in [-0.2, -0.15) is 0 Å². The molecule has 3 rings (SSSR count). The summed E-state index contributed by atoms with van der Waals surface area (Å²) in [6.45, 7) is 2.99. The highest BCUT2D eigenvalue weighted by molar-refractivity contribution is 6.31. The van der Waals surface area contributed by atoms with Crippen LogP contribution in [0.2, 0.25) is 5.02 Å². The zero-order chi connectivity index (χ0) is 25.0. The molecular formula is C25H23ClN2O6. The SMILES string of the molecule is COC(=O)c1ccc(NC(=O)C(C)n2cc(OC)c(-c3cc(Cl)ccc3C(C)=O)cc2=O)cc1. The minimum absolute atomic E-state index is 0.191. The lowest BCUT2D eigenvalue weighted by Gasteiger charge is -2.19. The van der Waals surface area contributed by atoms with Gasteiger partial charge < -0.3 is 14.8 Å². The molecule has 34 heavy (non-hydrogen) atoms. The fourth-order valence-corrected chi connectivity index (χ4v) is 3.60. The molecule has 8 nitrogen and oxygen atoms in total. The molecule has 1 unspecified atom stereocenters. The molecular weight excluding hydrogens is 460 g/mol. The number of esters is 1. The number of rotatable bonds is 7. The molecule has 3 aromatic rings. The second-order valence-corrected chi connectivity index (χ2v) is 7.92. The van der Waals surface area contributed by atoms with E-state index in [0.29, 0.717) is 38.7 Å². The summed E-state index contributed by atoms with van der Waals surface area (Å²) in [6.07, 6.45) is 1.42. The maximum Gasteiger partial charge on any atom is 0.337 e. The molecule has 2 aromatic carbocycles. The third-order valence-corrected chi connectivity index (χ3v) is 5.52. The molecule has 1 amide bonds. The van der Waals surface area contributed by atoms with Crippen LogP contribution in [0.3, 0.4) is 0 Å². The van der Waals surface area contributed by atoms with Crippen LogP contribution in [-0.4, -0.2) is 36.4 Å². The minimum Gasteiger partial charge on any atom is -0.495 e. The Morgan fingerprint density at radius 3 is 2.26 bits per heavy atom. The molecule has 0 fully saturated rings. The van der Waals surface area contributed by atoms with E-state index in [-0.39, 0.29) is 5.78 Å². The summed E-state index contributed by atoms with van der Waals surface area (Å²) in [5.74, 6) is -0.831. The van der Waals surface area contributed by atoms with Crippen LogP contribution in [0, 0.1) is 0 Å². The number of carbonyl (C=O) groups excluding carboxylic acids is 3. The third kappa shape index (κ3) is 5.18. The van der Waals surface area contributed by atoms with Gasteiger partial charge in [0.05, 0.1) is 26.0 Å². The van der Waals surface area contributed by atoms with Crippen molar-refractivity contribution in [2.24, 2.45) is 0 Å². The van der Waals surface area contributed by atoms with E-state index < -0.39 is 23.5 Å². The van der Waals surface area contributed by atoms with Crippen molar-refractivity contribution < 1.29 is 23.9 Å². The smallest absolute Gasteiger partial charge is 0.337 e. The first kappa shape index (κ1) is 24.7. The van der Waals surface area contributed by atoms with Crippen molar-refractivity contribution in [3.05, 3.63) is 81.2 Å². The monoisotopic (exact) mass is 482 g/mol. The minimum atomic E-state index is -0.887. The van der Waals surface area contributed by atoms with Gasteiger partial charge in [-0.15, -0.1) is 0 Å². The van der Waals surface area contributed by atoms with Crippen LogP contribution in [-0.2, 0) is 9.53 Å². The summed E-state index contributed by atoms with van der Waals surface area (Å²) < 4.78 is 11.4. The van der Waals surface area contributed by atoms with Crippen LogP contribution in [0.25, 0.3) is 11.1 Å². The normalized spacial score (nSPS) is 11.4. The fraction of sp³-hybridized carbons (Fsp3) is 0.200. The lowest BCUT2D eigenvalue weighted by Crippen LogP contribution is -2.31. The summed E-state index contributed by atoms with van der Waals surface area (Å²) in [6, 6.07) is 11.4. The molecule has 9 heteroatoms. The highest BCUT2D eigenvalue weighted by atomic mass is 35.5. The Hall–Kier alpha value is -3.91. The van der Waals surface area contributed by atoms with Crippen molar-refractivity contribution in [2.75, 3.05) is 19.5 Å². The van der Waals surface area contributed by atoms with E-state index in [4.69, 9.17) is 16.3 Å².